The van der Waals surface area contributed by atoms with Gasteiger partial charge in [0.05, 0.1) is 13.2 Å². The van der Waals surface area contributed by atoms with Gasteiger partial charge in [0.15, 0.2) is 0 Å². The number of hydrogen-bond acceptors (Lipinski definition) is 4. The van der Waals surface area contributed by atoms with Crippen LogP contribution in [0.25, 0.3) is 22.3 Å². The fourth-order valence-electron chi connectivity index (χ4n) is 5.65. The van der Waals surface area contributed by atoms with Crippen molar-refractivity contribution >= 4 is 5.97 Å². The van der Waals surface area contributed by atoms with Crippen molar-refractivity contribution in [1.82, 2.24) is 0 Å². The number of benzene rings is 3. The molecule has 0 aromatic heterocycles. The molecule has 252 valence electrons. The number of rotatable bonds is 22. The molecule has 0 amide bonds. The Bertz CT molecular complexity index is 1250. The maximum atomic E-state index is 11.8. The van der Waals surface area contributed by atoms with Crippen LogP contribution in [0.5, 0.6) is 11.5 Å². The summed E-state index contributed by atoms with van der Waals surface area (Å²) in [4.78, 5) is 11.8. The van der Waals surface area contributed by atoms with E-state index in [0.717, 1.165) is 56.0 Å². The zero-order chi connectivity index (χ0) is 33.0. The van der Waals surface area contributed by atoms with Crippen LogP contribution in [0.1, 0.15) is 130 Å². The zero-order valence-corrected chi connectivity index (χ0v) is 29.5. The predicted molar refractivity (Wildman–Crippen MR) is 194 cm³/mol. The van der Waals surface area contributed by atoms with E-state index in [4.69, 9.17) is 14.2 Å². The SMILES string of the molecule is CCCCCOc1ccc(-c2ccc(-c3ccc(C)cc3OCCCCCCCCCCCCCC(=O)OC(C)(C)C)cc2)cc1. The molecule has 3 aromatic rings. The molecule has 0 unspecified atom stereocenters. The first kappa shape index (κ1) is 37.2. The van der Waals surface area contributed by atoms with Gasteiger partial charge in [0.1, 0.15) is 17.1 Å². The van der Waals surface area contributed by atoms with Crippen molar-refractivity contribution < 1.29 is 19.0 Å². The molecule has 0 aliphatic heterocycles. The molecular formula is C42H60O4. The third-order valence-electron chi connectivity index (χ3n) is 8.24. The van der Waals surface area contributed by atoms with Gasteiger partial charge in [0.2, 0.25) is 0 Å². The maximum absolute atomic E-state index is 11.8. The van der Waals surface area contributed by atoms with Gasteiger partial charge in [0, 0.05) is 12.0 Å². The van der Waals surface area contributed by atoms with Crippen LogP contribution < -0.4 is 9.47 Å². The molecule has 0 atom stereocenters. The van der Waals surface area contributed by atoms with Gasteiger partial charge < -0.3 is 14.2 Å². The Hall–Kier alpha value is -3.27. The normalized spacial score (nSPS) is 11.4. The Morgan fingerprint density at radius 3 is 1.67 bits per heavy atom. The van der Waals surface area contributed by atoms with Crippen molar-refractivity contribution in [2.24, 2.45) is 0 Å². The van der Waals surface area contributed by atoms with Gasteiger partial charge in [-0.2, -0.15) is 0 Å². The molecule has 4 nitrogen and oxygen atoms in total. The van der Waals surface area contributed by atoms with Crippen LogP contribution in [-0.4, -0.2) is 24.8 Å². The standard InChI is InChI=1S/C42H60O4/c1-6-7-18-31-44-38-28-26-36(27-29-38)35-22-24-37(25-23-35)39-30-21-34(2)33-40(39)45-32-19-16-14-12-10-8-9-11-13-15-17-20-41(43)46-42(3,4)5/h21-30,33H,6-20,31-32H2,1-5H3. The van der Waals surface area contributed by atoms with Crippen LogP contribution >= 0.6 is 0 Å². The molecule has 3 rings (SSSR count). The molecule has 46 heavy (non-hydrogen) atoms. The zero-order valence-electron chi connectivity index (χ0n) is 29.5. The van der Waals surface area contributed by atoms with Crippen molar-refractivity contribution in [2.75, 3.05) is 13.2 Å². The highest BCUT2D eigenvalue weighted by atomic mass is 16.6. The van der Waals surface area contributed by atoms with E-state index in [-0.39, 0.29) is 11.6 Å². The number of unbranched alkanes of at least 4 members (excludes halogenated alkanes) is 12. The summed E-state index contributed by atoms with van der Waals surface area (Å²) < 4.78 is 17.6. The molecule has 0 bridgehead atoms. The summed E-state index contributed by atoms with van der Waals surface area (Å²) in [6, 6.07) is 23.7. The number of esters is 1. The highest BCUT2D eigenvalue weighted by molar-refractivity contribution is 5.74. The van der Waals surface area contributed by atoms with Crippen LogP contribution in [0.4, 0.5) is 0 Å². The molecular weight excluding hydrogens is 568 g/mol. The molecule has 0 saturated carbocycles. The minimum Gasteiger partial charge on any atom is -0.494 e. The Morgan fingerprint density at radius 1 is 0.587 bits per heavy atom. The van der Waals surface area contributed by atoms with Crippen molar-refractivity contribution in [3.05, 3.63) is 72.3 Å². The third-order valence-corrected chi connectivity index (χ3v) is 8.24. The van der Waals surface area contributed by atoms with Crippen LogP contribution in [0.2, 0.25) is 0 Å². The van der Waals surface area contributed by atoms with E-state index >= 15 is 0 Å². The van der Waals surface area contributed by atoms with Crippen molar-refractivity contribution in [1.29, 1.82) is 0 Å². The summed E-state index contributed by atoms with van der Waals surface area (Å²) in [7, 11) is 0. The van der Waals surface area contributed by atoms with Crippen LogP contribution in [-0.2, 0) is 9.53 Å². The summed E-state index contributed by atoms with van der Waals surface area (Å²) in [6.45, 7) is 11.6. The summed E-state index contributed by atoms with van der Waals surface area (Å²) in [5, 5.41) is 0. The first-order valence-corrected chi connectivity index (χ1v) is 18.0. The lowest BCUT2D eigenvalue weighted by Crippen LogP contribution is -2.23. The average Bonchev–Trinajstić information content (AvgIpc) is 3.03. The van der Waals surface area contributed by atoms with Gasteiger partial charge in [-0.15, -0.1) is 0 Å². The van der Waals surface area contributed by atoms with Gasteiger partial charge in [-0.3, -0.25) is 4.79 Å². The van der Waals surface area contributed by atoms with Crippen LogP contribution in [0.15, 0.2) is 66.7 Å². The van der Waals surface area contributed by atoms with Crippen molar-refractivity contribution in [3.63, 3.8) is 0 Å². The minimum absolute atomic E-state index is 0.0655. The highest BCUT2D eigenvalue weighted by Crippen LogP contribution is 2.33. The van der Waals surface area contributed by atoms with Gasteiger partial charge in [-0.25, -0.2) is 0 Å². The van der Waals surface area contributed by atoms with Crippen LogP contribution in [0, 0.1) is 6.92 Å². The Kier molecular flexibility index (Phi) is 16.8. The first-order valence-electron chi connectivity index (χ1n) is 18.0. The van der Waals surface area contributed by atoms with Gasteiger partial charge in [-0.05, 0) is 87.4 Å². The lowest BCUT2D eigenvalue weighted by molar-refractivity contribution is -0.154. The molecule has 0 radical (unpaired) electrons. The quantitative estimate of drug-likeness (QED) is 0.0820. The average molecular weight is 629 g/mol. The minimum atomic E-state index is -0.374. The fraction of sp³-hybridized carbons (Fsp3) is 0.548. The summed E-state index contributed by atoms with van der Waals surface area (Å²) in [5.74, 6) is 1.85. The fourth-order valence-corrected chi connectivity index (χ4v) is 5.65. The van der Waals surface area contributed by atoms with E-state index in [1.54, 1.807) is 0 Å². The molecule has 0 N–H and O–H groups in total. The highest BCUT2D eigenvalue weighted by Gasteiger charge is 2.15. The summed E-state index contributed by atoms with van der Waals surface area (Å²) in [6.07, 6.45) is 17.4. The monoisotopic (exact) mass is 628 g/mol. The van der Waals surface area contributed by atoms with Crippen LogP contribution in [0.3, 0.4) is 0 Å². The van der Waals surface area contributed by atoms with E-state index in [2.05, 4.69) is 80.6 Å². The number of aryl methyl sites for hydroxylation is 1. The lowest BCUT2D eigenvalue weighted by atomic mass is 9.99. The van der Waals surface area contributed by atoms with Gasteiger partial charge in [-0.1, -0.05) is 126 Å². The van der Waals surface area contributed by atoms with E-state index in [0.29, 0.717) is 6.42 Å². The molecule has 0 spiro atoms. The Morgan fingerprint density at radius 2 is 1.09 bits per heavy atom. The number of carbonyl (C=O) groups is 1. The second kappa shape index (κ2) is 20.8. The smallest absolute Gasteiger partial charge is 0.306 e. The van der Waals surface area contributed by atoms with Crippen molar-refractivity contribution in [2.45, 2.75) is 137 Å². The number of hydrogen-bond donors (Lipinski definition) is 0. The molecule has 0 aliphatic rings. The van der Waals surface area contributed by atoms with E-state index in [9.17, 15) is 4.79 Å². The largest absolute Gasteiger partial charge is 0.494 e. The van der Waals surface area contributed by atoms with Crippen molar-refractivity contribution in [3.8, 4) is 33.8 Å². The molecule has 0 heterocycles. The molecule has 4 heteroatoms. The molecule has 0 fully saturated rings. The Labute approximate surface area is 280 Å². The maximum Gasteiger partial charge on any atom is 0.306 e. The van der Waals surface area contributed by atoms with E-state index in [1.807, 2.05) is 20.8 Å². The van der Waals surface area contributed by atoms with Gasteiger partial charge >= 0.3 is 5.97 Å². The second-order valence-corrected chi connectivity index (χ2v) is 13.7. The topological polar surface area (TPSA) is 44.8 Å². The van der Waals surface area contributed by atoms with E-state index in [1.165, 1.54) is 86.5 Å². The summed E-state index contributed by atoms with van der Waals surface area (Å²) >= 11 is 0. The number of carbonyl (C=O) groups excluding carboxylic acids is 1. The predicted octanol–water partition coefficient (Wildman–Crippen LogP) is 12.3. The summed E-state index contributed by atoms with van der Waals surface area (Å²) in [5.41, 5.74) is 5.57. The molecule has 3 aromatic carbocycles. The number of ether oxygens (including phenoxy) is 3. The second-order valence-electron chi connectivity index (χ2n) is 13.7. The lowest BCUT2D eigenvalue weighted by Gasteiger charge is -2.19. The van der Waals surface area contributed by atoms with E-state index < -0.39 is 0 Å². The van der Waals surface area contributed by atoms with Gasteiger partial charge in [0.25, 0.3) is 0 Å². The first-order chi connectivity index (χ1) is 22.2. The third kappa shape index (κ3) is 14.9. The Balaban J connectivity index is 1.31. The molecule has 0 saturated heterocycles. The molecule has 0 aliphatic carbocycles.